The van der Waals surface area contributed by atoms with Crippen LogP contribution in [0.5, 0.6) is 0 Å². The quantitative estimate of drug-likeness (QED) is 0.297. The Balaban J connectivity index is 0.00000134. The Morgan fingerprint density at radius 1 is 1.40 bits per heavy atom. The minimum atomic E-state index is -0.142. The van der Waals surface area contributed by atoms with Crippen LogP contribution in [-0.2, 0) is 7.05 Å². The summed E-state index contributed by atoms with van der Waals surface area (Å²) >= 11 is 1.77. The third-order valence-electron chi connectivity index (χ3n) is 3.82. The molecule has 142 valence electrons. The smallest absolute Gasteiger partial charge is 0.166 e. The molecular formula is C17H28FN3O2S2. The maximum atomic E-state index is 12.3. The lowest BCUT2D eigenvalue weighted by Crippen LogP contribution is -2.35. The largest absolute Gasteiger partial charge is 0.400 e. The molecule has 3 N–H and O–H groups in total. The van der Waals surface area contributed by atoms with Gasteiger partial charge in [0.1, 0.15) is 12.3 Å². The SMILES string of the molecule is CC.CO.Cc1c(SC2C=CC(NSF)C(C=N)C2)cc(C=O)n1C. The van der Waals surface area contributed by atoms with E-state index in [-0.39, 0.29) is 29.5 Å². The predicted molar refractivity (Wildman–Crippen MR) is 106 cm³/mol. The molecule has 1 aromatic heterocycles. The molecule has 8 heteroatoms. The summed E-state index contributed by atoms with van der Waals surface area (Å²) in [5, 5.41) is 14.7. The van der Waals surface area contributed by atoms with E-state index in [9.17, 15) is 8.68 Å². The van der Waals surface area contributed by atoms with Crippen LogP contribution in [0.1, 0.15) is 36.5 Å². The molecule has 1 aliphatic rings. The van der Waals surface area contributed by atoms with Gasteiger partial charge in [0.2, 0.25) is 0 Å². The Kier molecular flexibility index (Phi) is 12.6. The summed E-state index contributed by atoms with van der Waals surface area (Å²) in [5.74, 6) is -0.0229. The van der Waals surface area contributed by atoms with Crippen molar-refractivity contribution in [3.63, 3.8) is 0 Å². The third-order valence-corrected chi connectivity index (χ3v) is 5.50. The van der Waals surface area contributed by atoms with Crippen molar-refractivity contribution in [1.82, 2.24) is 9.29 Å². The Morgan fingerprint density at radius 2 is 2.04 bits per heavy atom. The molecule has 3 atom stereocenters. The molecule has 1 aliphatic carbocycles. The number of nitrogens with zero attached hydrogens (tertiary/aromatic N) is 1. The first kappa shape index (κ1) is 23.9. The highest BCUT2D eigenvalue weighted by molar-refractivity contribution is 8.00. The topological polar surface area (TPSA) is 78.1 Å². The second-order valence-electron chi connectivity index (χ2n) is 5.02. The summed E-state index contributed by atoms with van der Waals surface area (Å²) in [6, 6.07) is 1.75. The van der Waals surface area contributed by atoms with Crippen LogP contribution in [0.3, 0.4) is 0 Å². The van der Waals surface area contributed by atoms with E-state index in [1.807, 2.05) is 50.6 Å². The Morgan fingerprint density at radius 3 is 2.52 bits per heavy atom. The number of aldehydes is 1. The van der Waals surface area contributed by atoms with E-state index in [4.69, 9.17) is 10.5 Å². The van der Waals surface area contributed by atoms with Crippen molar-refractivity contribution in [2.75, 3.05) is 7.11 Å². The highest BCUT2D eigenvalue weighted by Crippen LogP contribution is 2.35. The fourth-order valence-electron chi connectivity index (χ4n) is 2.41. The molecule has 5 nitrogen and oxygen atoms in total. The van der Waals surface area contributed by atoms with Crippen molar-refractivity contribution in [2.24, 2.45) is 13.0 Å². The standard InChI is InChI=1S/C14H18FN3OS2.C2H6.CH4O/c1-9-14(6-11(8-19)18(9)2)20-12-3-4-13(17-21-15)10(5-12)7-16;2*1-2/h3-4,6-8,10,12-13,16-17H,5H2,1-2H3;1-2H3;2H,1H3. The number of aromatic nitrogens is 1. The highest BCUT2D eigenvalue weighted by Gasteiger charge is 2.26. The van der Waals surface area contributed by atoms with Gasteiger partial charge in [-0.2, -0.15) is 0 Å². The van der Waals surface area contributed by atoms with Crippen LogP contribution in [0.2, 0.25) is 0 Å². The molecular weight excluding hydrogens is 361 g/mol. The number of halogens is 1. The number of thioether (sulfide) groups is 1. The van der Waals surface area contributed by atoms with Crippen molar-refractivity contribution in [3.8, 4) is 0 Å². The molecule has 0 aliphatic heterocycles. The van der Waals surface area contributed by atoms with Gasteiger partial charge in [0.15, 0.2) is 6.29 Å². The monoisotopic (exact) mass is 389 g/mol. The molecule has 25 heavy (non-hydrogen) atoms. The van der Waals surface area contributed by atoms with Gasteiger partial charge < -0.3 is 15.1 Å². The molecule has 0 amide bonds. The van der Waals surface area contributed by atoms with Crippen molar-refractivity contribution < 1.29 is 13.8 Å². The van der Waals surface area contributed by atoms with Crippen molar-refractivity contribution >= 4 is 36.6 Å². The minimum Gasteiger partial charge on any atom is -0.400 e. The lowest BCUT2D eigenvalue weighted by Gasteiger charge is -2.28. The Bertz CT molecular complexity index is 564. The summed E-state index contributed by atoms with van der Waals surface area (Å²) < 4.78 is 16.9. The fraction of sp³-hybridized carbons (Fsp3) is 0.529. The van der Waals surface area contributed by atoms with E-state index < -0.39 is 0 Å². The summed E-state index contributed by atoms with van der Waals surface area (Å²) in [6.45, 7) is 5.99. The first-order valence-corrected chi connectivity index (χ1v) is 9.65. The lowest BCUT2D eigenvalue weighted by molar-refractivity contribution is 0.111. The molecule has 0 saturated carbocycles. The van der Waals surface area contributed by atoms with E-state index >= 15 is 0 Å². The van der Waals surface area contributed by atoms with Gasteiger partial charge in [-0.25, -0.2) is 4.72 Å². The van der Waals surface area contributed by atoms with Crippen molar-refractivity contribution in [3.05, 3.63) is 29.6 Å². The number of aliphatic hydroxyl groups excluding tert-OH is 1. The van der Waals surface area contributed by atoms with Gasteiger partial charge in [-0.3, -0.25) is 4.79 Å². The summed E-state index contributed by atoms with van der Waals surface area (Å²) in [6.07, 6.45) is 6.97. The molecule has 2 rings (SSSR count). The predicted octanol–water partition coefficient (Wildman–Crippen LogP) is 3.96. The molecule has 1 heterocycles. The van der Waals surface area contributed by atoms with E-state index in [1.54, 1.807) is 11.8 Å². The van der Waals surface area contributed by atoms with Crippen LogP contribution in [-0.4, -0.2) is 40.6 Å². The summed E-state index contributed by atoms with van der Waals surface area (Å²) in [4.78, 5) is 12.1. The zero-order valence-electron chi connectivity index (χ0n) is 15.3. The van der Waals surface area contributed by atoms with Gasteiger partial charge in [0, 0.05) is 48.2 Å². The first-order chi connectivity index (χ1) is 12.1. The van der Waals surface area contributed by atoms with Crippen LogP contribution in [0.15, 0.2) is 23.1 Å². The average Bonchev–Trinajstić information content (AvgIpc) is 2.94. The van der Waals surface area contributed by atoms with Gasteiger partial charge >= 0.3 is 0 Å². The van der Waals surface area contributed by atoms with E-state index in [1.165, 1.54) is 6.21 Å². The van der Waals surface area contributed by atoms with Crippen LogP contribution >= 0.6 is 24.1 Å². The molecule has 0 spiro atoms. The van der Waals surface area contributed by atoms with Crippen LogP contribution in [0, 0.1) is 18.3 Å². The summed E-state index contributed by atoms with van der Waals surface area (Å²) in [7, 11) is 2.87. The molecule has 0 saturated heterocycles. The second-order valence-corrected chi connectivity index (χ2v) is 6.69. The summed E-state index contributed by atoms with van der Waals surface area (Å²) in [5.41, 5.74) is 1.72. The number of carbonyl (C=O) groups is 1. The number of hydrogen-bond donors (Lipinski definition) is 3. The molecule has 1 aromatic rings. The average molecular weight is 390 g/mol. The van der Waals surface area contributed by atoms with Gasteiger partial charge in [-0.15, -0.1) is 15.6 Å². The van der Waals surface area contributed by atoms with Crippen LogP contribution < -0.4 is 4.72 Å². The van der Waals surface area contributed by atoms with E-state index in [0.717, 1.165) is 30.4 Å². The second kappa shape index (κ2) is 13.2. The zero-order chi connectivity index (χ0) is 19.4. The molecule has 3 unspecified atom stereocenters. The van der Waals surface area contributed by atoms with E-state index in [2.05, 4.69) is 4.72 Å². The Hall–Kier alpha value is -1.09. The number of nitrogens with one attached hydrogen (secondary N) is 2. The van der Waals surface area contributed by atoms with Crippen molar-refractivity contribution in [2.45, 2.75) is 43.4 Å². The Labute approximate surface area is 158 Å². The highest BCUT2D eigenvalue weighted by atomic mass is 32.2. The molecule has 0 aromatic carbocycles. The number of hydrogen-bond acceptors (Lipinski definition) is 6. The maximum absolute atomic E-state index is 12.3. The normalized spacial score (nSPS) is 21.5. The maximum Gasteiger partial charge on any atom is 0.166 e. The van der Waals surface area contributed by atoms with Gasteiger partial charge in [0.05, 0.1) is 5.69 Å². The van der Waals surface area contributed by atoms with Crippen molar-refractivity contribution in [1.29, 1.82) is 5.41 Å². The fourth-order valence-corrected chi connectivity index (χ4v) is 4.07. The number of rotatable bonds is 6. The lowest BCUT2D eigenvalue weighted by atomic mass is 9.91. The molecule has 0 radical (unpaired) electrons. The third kappa shape index (κ3) is 6.62. The number of aliphatic hydroxyl groups is 1. The van der Waals surface area contributed by atoms with Gasteiger partial charge in [0.25, 0.3) is 0 Å². The number of carbonyl (C=O) groups excluding carboxylic acids is 1. The zero-order valence-corrected chi connectivity index (χ0v) is 17.0. The molecule has 0 fully saturated rings. The van der Waals surface area contributed by atoms with Gasteiger partial charge in [-0.05, 0) is 19.4 Å². The first-order valence-electron chi connectivity index (χ1n) is 8.05. The van der Waals surface area contributed by atoms with Crippen LogP contribution in [0.4, 0.5) is 3.89 Å². The van der Waals surface area contributed by atoms with Crippen LogP contribution in [0.25, 0.3) is 0 Å². The van der Waals surface area contributed by atoms with Gasteiger partial charge in [-0.1, -0.05) is 26.0 Å². The molecule has 0 bridgehead atoms. The van der Waals surface area contributed by atoms with E-state index in [0.29, 0.717) is 5.69 Å². The minimum absolute atomic E-state index is 0.0229.